The van der Waals surface area contributed by atoms with Crippen molar-refractivity contribution in [3.8, 4) is 0 Å². The van der Waals surface area contributed by atoms with Crippen molar-refractivity contribution >= 4 is 0 Å². The van der Waals surface area contributed by atoms with E-state index in [-0.39, 0.29) is 0 Å². The second-order valence-corrected chi connectivity index (χ2v) is 20.3. The van der Waals surface area contributed by atoms with Crippen molar-refractivity contribution in [3.63, 3.8) is 0 Å². The number of aromatic nitrogens is 2. The van der Waals surface area contributed by atoms with E-state index in [1.54, 1.807) is 0 Å². The topological polar surface area (TPSA) is 8.81 Å². The summed E-state index contributed by atoms with van der Waals surface area (Å²) in [5, 5.41) is 0. The van der Waals surface area contributed by atoms with Gasteiger partial charge in [-0.25, -0.2) is 9.13 Å². The molecular formula is C59H115N2+. The SMILES string of the molecule is CCCCCCCC/C=C\CCCCCCCCC(CCCCC(CCCCCCCCCCCCCC)CCCCCCCCCCCCCC)n1cc[n+](CCCC)c1. The monoisotopic (exact) mass is 852 g/mol. The summed E-state index contributed by atoms with van der Waals surface area (Å²) in [6, 6.07) is 0.686. The van der Waals surface area contributed by atoms with Gasteiger partial charge in [-0.1, -0.05) is 284 Å². The molecule has 0 aliphatic rings. The van der Waals surface area contributed by atoms with Crippen LogP contribution in [0.15, 0.2) is 30.9 Å². The van der Waals surface area contributed by atoms with E-state index in [0.717, 1.165) is 5.92 Å². The second kappa shape index (κ2) is 48.4. The van der Waals surface area contributed by atoms with Gasteiger partial charge in [-0.05, 0) is 63.7 Å². The Hall–Kier alpha value is -1.05. The molecule has 0 aromatic carbocycles. The minimum atomic E-state index is 0.686. The van der Waals surface area contributed by atoms with Crippen LogP contribution in [0.1, 0.15) is 336 Å². The smallest absolute Gasteiger partial charge is 0.237 e. The zero-order chi connectivity index (χ0) is 43.8. The third-order valence-electron chi connectivity index (χ3n) is 14.3. The third kappa shape index (κ3) is 40.2. The molecule has 2 heteroatoms. The highest BCUT2D eigenvalue weighted by Crippen LogP contribution is 2.28. The van der Waals surface area contributed by atoms with Crippen LogP contribution in [0.5, 0.6) is 0 Å². The molecule has 61 heavy (non-hydrogen) atoms. The van der Waals surface area contributed by atoms with Crippen molar-refractivity contribution in [3.05, 3.63) is 30.9 Å². The van der Waals surface area contributed by atoms with Gasteiger partial charge in [0.2, 0.25) is 6.33 Å². The molecule has 1 rings (SSSR count). The van der Waals surface area contributed by atoms with Gasteiger partial charge in [0.15, 0.2) is 0 Å². The zero-order valence-corrected chi connectivity index (χ0v) is 42.9. The lowest BCUT2D eigenvalue weighted by Crippen LogP contribution is -2.31. The van der Waals surface area contributed by atoms with E-state index in [4.69, 9.17) is 0 Å². The number of unbranched alkanes of at least 4 members (excludes halogenated alkanes) is 36. The molecule has 0 aliphatic heterocycles. The highest BCUT2D eigenvalue weighted by atomic mass is 15.1. The summed E-state index contributed by atoms with van der Waals surface area (Å²) in [6.45, 7) is 10.4. The standard InChI is InChI=1S/C59H115N2/c1-5-9-13-16-19-22-25-28-29-30-31-34-37-40-43-46-52-59(61-56-55-60(57-61)54-12-8-4)53-48-47-51-58(49-44-41-38-35-32-26-23-20-17-14-10-6-2)50-45-42-39-36-33-27-24-21-18-15-11-7-3/h28-29,55-59H,5-27,30-54H2,1-4H3/q+1/b29-28-. The van der Waals surface area contributed by atoms with Crippen molar-refractivity contribution in [2.45, 2.75) is 342 Å². The van der Waals surface area contributed by atoms with Gasteiger partial charge >= 0.3 is 0 Å². The van der Waals surface area contributed by atoms with Crippen LogP contribution in [0.4, 0.5) is 0 Å². The fraction of sp³-hybridized carbons (Fsp3) is 0.915. The van der Waals surface area contributed by atoms with Crippen LogP contribution in [0.3, 0.4) is 0 Å². The molecule has 0 saturated carbocycles. The normalized spacial score (nSPS) is 12.5. The van der Waals surface area contributed by atoms with Crippen molar-refractivity contribution in [1.29, 1.82) is 0 Å². The minimum absolute atomic E-state index is 0.686. The largest absolute Gasteiger partial charge is 0.243 e. The van der Waals surface area contributed by atoms with Crippen molar-refractivity contribution in [1.82, 2.24) is 4.57 Å². The maximum atomic E-state index is 2.61. The number of hydrogen-bond donors (Lipinski definition) is 0. The lowest BCUT2D eigenvalue weighted by Gasteiger charge is -2.18. The molecular weight excluding hydrogens is 737 g/mol. The minimum Gasteiger partial charge on any atom is -0.237 e. The Morgan fingerprint density at radius 3 is 1.02 bits per heavy atom. The van der Waals surface area contributed by atoms with E-state index in [2.05, 4.69) is 67.7 Å². The van der Waals surface area contributed by atoms with Crippen molar-refractivity contribution in [2.75, 3.05) is 0 Å². The number of hydrogen-bond acceptors (Lipinski definition) is 0. The lowest BCUT2D eigenvalue weighted by molar-refractivity contribution is -0.697. The fourth-order valence-electron chi connectivity index (χ4n) is 9.96. The number of imidazole rings is 1. The first-order chi connectivity index (χ1) is 30.2. The molecule has 0 radical (unpaired) electrons. The molecule has 1 aromatic rings. The number of allylic oxidation sites excluding steroid dienone is 2. The molecule has 0 fully saturated rings. The Morgan fingerprint density at radius 1 is 0.344 bits per heavy atom. The van der Waals surface area contributed by atoms with Gasteiger partial charge in [0, 0.05) is 0 Å². The maximum absolute atomic E-state index is 2.61. The molecule has 360 valence electrons. The molecule has 0 spiro atoms. The van der Waals surface area contributed by atoms with Crippen LogP contribution in [-0.2, 0) is 6.54 Å². The molecule has 1 aromatic heterocycles. The van der Waals surface area contributed by atoms with E-state index in [0.29, 0.717) is 6.04 Å². The molecule has 0 N–H and O–H groups in total. The summed E-state index contributed by atoms with van der Waals surface area (Å²) in [6.07, 6.45) is 79.5. The first kappa shape index (κ1) is 58.0. The predicted octanol–water partition coefficient (Wildman–Crippen LogP) is 20.9. The van der Waals surface area contributed by atoms with Crippen molar-refractivity contribution in [2.24, 2.45) is 5.92 Å². The quantitative estimate of drug-likeness (QED) is 0.0351. The fourth-order valence-corrected chi connectivity index (χ4v) is 9.96. The Labute approximate surface area is 386 Å². The summed E-state index contributed by atoms with van der Waals surface area (Å²) in [4.78, 5) is 0. The maximum Gasteiger partial charge on any atom is 0.243 e. The number of nitrogens with zero attached hydrogens (tertiary/aromatic N) is 2. The first-order valence-electron chi connectivity index (χ1n) is 29.0. The highest BCUT2D eigenvalue weighted by Gasteiger charge is 2.18. The Morgan fingerprint density at radius 2 is 0.639 bits per heavy atom. The van der Waals surface area contributed by atoms with Crippen LogP contribution in [-0.4, -0.2) is 4.57 Å². The van der Waals surface area contributed by atoms with E-state index >= 15 is 0 Å². The van der Waals surface area contributed by atoms with Gasteiger partial charge in [-0.15, -0.1) is 0 Å². The van der Waals surface area contributed by atoms with Crippen LogP contribution in [0, 0.1) is 5.92 Å². The predicted molar refractivity (Wildman–Crippen MR) is 276 cm³/mol. The van der Waals surface area contributed by atoms with Gasteiger partial charge in [-0.3, -0.25) is 0 Å². The zero-order valence-electron chi connectivity index (χ0n) is 42.9. The Kier molecular flexibility index (Phi) is 46.0. The van der Waals surface area contributed by atoms with E-state index in [1.807, 2.05) is 0 Å². The third-order valence-corrected chi connectivity index (χ3v) is 14.3. The van der Waals surface area contributed by atoms with Crippen LogP contribution in [0.25, 0.3) is 0 Å². The summed E-state index contributed by atoms with van der Waals surface area (Å²) in [7, 11) is 0. The average molecular weight is 853 g/mol. The summed E-state index contributed by atoms with van der Waals surface area (Å²) >= 11 is 0. The molecule has 0 aliphatic carbocycles. The molecule has 0 amide bonds. The number of rotatable bonds is 51. The van der Waals surface area contributed by atoms with Gasteiger partial charge in [0.05, 0.1) is 6.54 Å². The van der Waals surface area contributed by atoms with Gasteiger partial charge in [0.1, 0.15) is 18.4 Å². The Bertz CT molecular complexity index is 949. The van der Waals surface area contributed by atoms with E-state index in [1.165, 1.54) is 308 Å². The summed E-state index contributed by atoms with van der Waals surface area (Å²) in [5.74, 6) is 0.975. The first-order valence-corrected chi connectivity index (χ1v) is 29.0. The highest BCUT2D eigenvalue weighted by molar-refractivity contribution is 4.81. The summed E-state index contributed by atoms with van der Waals surface area (Å²) in [5.41, 5.74) is 0. The molecule has 1 unspecified atom stereocenters. The van der Waals surface area contributed by atoms with Gasteiger partial charge in [-0.2, -0.15) is 0 Å². The van der Waals surface area contributed by atoms with E-state index in [9.17, 15) is 0 Å². The lowest BCUT2D eigenvalue weighted by atomic mass is 9.89. The van der Waals surface area contributed by atoms with Crippen molar-refractivity contribution < 1.29 is 4.57 Å². The number of aryl methyl sites for hydroxylation is 1. The average Bonchev–Trinajstić information content (AvgIpc) is 3.75. The Balaban J connectivity index is 2.45. The van der Waals surface area contributed by atoms with E-state index < -0.39 is 0 Å². The molecule has 0 saturated heterocycles. The van der Waals surface area contributed by atoms with Gasteiger partial charge < -0.3 is 0 Å². The molecule has 2 nitrogen and oxygen atoms in total. The van der Waals surface area contributed by atoms with Crippen LogP contribution in [0.2, 0.25) is 0 Å². The summed E-state index contributed by atoms with van der Waals surface area (Å²) < 4.78 is 5.07. The molecule has 1 atom stereocenters. The van der Waals surface area contributed by atoms with Crippen LogP contribution < -0.4 is 4.57 Å². The van der Waals surface area contributed by atoms with Gasteiger partial charge in [0.25, 0.3) is 0 Å². The second-order valence-electron chi connectivity index (χ2n) is 20.3. The van der Waals surface area contributed by atoms with Crippen LogP contribution >= 0.6 is 0 Å². The molecule has 0 bridgehead atoms. The molecule has 1 heterocycles.